The van der Waals surface area contributed by atoms with Crippen molar-refractivity contribution in [3.05, 3.63) is 33.8 Å². The molecule has 19 heavy (non-hydrogen) atoms. The highest BCUT2D eigenvalue weighted by Gasteiger charge is 2.30. The number of halogens is 2. The molecule has 0 radical (unpaired) electrons. The number of rotatable bonds is 3. The van der Waals surface area contributed by atoms with Gasteiger partial charge in [-0.1, -0.05) is 49.2 Å². The first kappa shape index (κ1) is 15.8. The number of hydrogen-bond acceptors (Lipinski definition) is 3. The van der Waals surface area contributed by atoms with Crippen molar-refractivity contribution in [2.45, 2.75) is 42.1 Å². The van der Waals surface area contributed by atoms with Crippen molar-refractivity contribution < 1.29 is 5.11 Å². The minimum absolute atomic E-state index is 0.270. The quantitative estimate of drug-likeness (QED) is 0.876. The Hall–Kier alpha value is 0.460. The molecular formula is C14H18Cl2OS2. The van der Waals surface area contributed by atoms with E-state index in [4.69, 9.17) is 23.2 Å². The van der Waals surface area contributed by atoms with Crippen molar-refractivity contribution in [3.8, 4) is 0 Å². The van der Waals surface area contributed by atoms with Crippen LogP contribution in [-0.2, 0) is 6.42 Å². The molecule has 0 saturated carbocycles. The standard InChI is InChI=1S/C14H18Cl2OS2/c1-8-9(2)19-13(7-18-8)12(17)6-10-4-3-5-11(15)14(10)16/h3-5,8-9,12-13,17H,6-7H2,1-2H3. The van der Waals surface area contributed by atoms with Crippen LogP contribution in [0.15, 0.2) is 18.2 Å². The predicted octanol–water partition coefficient (Wildman–Crippen LogP) is 4.52. The van der Waals surface area contributed by atoms with Gasteiger partial charge < -0.3 is 5.11 Å². The second kappa shape index (κ2) is 6.95. The van der Waals surface area contributed by atoms with E-state index in [2.05, 4.69) is 13.8 Å². The predicted molar refractivity (Wildman–Crippen MR) is 88.9 cm³/mol. The van der Waals surface area contributed by atoms with Gasteiger partial charge in [0.15, 0.2) is 0 Å². The van der Waals surface area contributed by atoms with E-state index < -0.39 is 0 Å². The maximum atomic E-state index is 10.4. The summed E-state index contributed by atoms with van der Waals surface area (Å²) in [5.74, 6) is 0.996. The smallest absolute Gasteiger partial charge is 0.0707 e. The maximum absolute atomic E-state index is 10.4. The van der Waals surface area contributed by atoms with Gasteiger partial charge in [-0.3, -0.25) is 0 Å². The Morgan fingerprint density at radius 2 is 2.05 bits per heavy atom. The van der Waals surface area contributed by atoms with Crippen LogP contribution in [0.3, 0.4) is 0 Å². The maximum Gasteiger partial charge on any atom is 0.0707 e. The summed E-state index contributed by atoms with van der Waals surface area (Å²) < 4.78 is 0. The molecule has 0 amide bonds. The first-order valence-electron chi connectivity index (χ1n) is 6.37. The molecule has 1 aromatic carbocycles. The first-order chi connectivity index (χ1) is 8.99. The summed E-state index contributed by atoms with van der Waals surface area (Å²) in [6.45, 7) is 4.48. The molecule has 0 spiro atoms. The number of benzene rings is 1. The van der Waals surface area contributed by atoms with Crippen molar-refractivity contribution in [2.24, 2.45) is 0 Å². The fraction of sp³-hybridized carbons (Fsp3) is 0.571. The normalized spacial score (nSPS) is 29.2. The van der Waals surface area contributed by atoms with Gasteiger partial charge in [-0.15, -0.1) is 0 Å². The molecule has 4 unspecified atom stereocenters. The summed E-state index contributed by atoms with van der Waals surface area (Å²) in [6, 6.07) is 5.59. The zero-order valence-corrected chi connectivity index (χ0v) is 14.1. The van der Waals surface area contributed by atoms with Crippen LogP contribution >= 0.6 is 46.7 Å². The summed E-state index contributed by atoms with van der Waals surface area (Å²) in [5.41, 5.74) is 0.929. The minimum atomic E-state index is -0.372. The summed E-state index contributed by atoms with van der Waals surface area (Å²) in [6.07, 6.45) is 0.196. The largest absolute Gasteiger partial charge is 0.392 e. The molecule has 1 nitrogen and oxygen atoms in total. The lowest BCUT2D eigenvalue weighted by Gasteiger charge is -2.34. The van der Waals surface area contributed by atoms with Crippen LogP contribution in [0.2, 0.25) is 10.0 Å². The lowest BCUT2D eigenvalue weighted by atomic mass is 10.1. The molecule has 2 rings (SSSR count). The van der Waals surface area contributed by atoms with Crippen LogP contribution in [-0.4, -0.2) is 32.7 Å². The zero-order valence-electron chi connectivity index (χ0n) is 11.0. The minimum Gasteiger partial charge on any atom is -0.392 e. The molecule has 1 aromatic rings. The molecular weight excluding hydrogens is 319 g/mol. The van der Waals surface area contributed by atoms with Gasteiger partial charge in [0.25, 0.3) is 0 Å². The van der Waals surface area contributed by atoms with Crippen molar-refractivity contribution in [1.29, 1.82) is 0 Å². The highest BCUT2D eigenvalue weighted by atomic mass is 35.5. The van der Waals surface area contributed by atoms with Crippen molar-refractivity contribution in [3.63, 3.8) is 0 Å². The Morgan fingerprint density at radius 1 is 1.32 bits per heavy atom. The van der Waals surface area contributed by atoms with Gasteiger partial charge in [0, 0.05) is 27.9 Å². The fourth-order valence-corrected chi connectivity index (χ4v) is 5.48. The molecule has 5 heteroatoms. The van der Waals surface area contributed by atoms with E-state index in [-0.39, 0.29) is 11.4 Å². The molecule has 1 fully saturated rings. The summed E-state index contributed by atoms with van der Waals surface area (Å²) in [7, 11) is 0. The average molecular weight is 337 g/mol. The molecule has 1 aliphatic heterocycles. The van der Waals surface area contributed by atoms with E-state index in [1.54, 1.807) is 6.07 Å². The van der Waals surface area contributed by atoms with Gasteiger partial charge in [-0.2, -0.15) is 23.5 Å². The van der Waals surface area contributed by atoms with E-state index in [9.17, 15) is 5.11 Å². The Kier molecular flexibility index (Phi) is 5.79. The molecule has 0 bridgehead atoms. The Bertz CT molecular complexity index is 441. The van der Waals surface area contributed by atoms with Crippen LogP contribution < -0.4 is 0 Å². The van der Waals surface area contributed by atoms with E-state index in [1.807, 2.05) is 35.7 Å². The molecule has 4 atom stereocenters. The van der Waals surface area contributed by atoms with Crippen molar-refractivity contribution in [1.82, 2.24) is 0 Å². The highest BCUT2D eigenvalue weighted by molar-refractivity contribution is 8.07. The number of thioether (sulfide) groups is 2. The number of aliphatic hydroxyl groups excluding tert-OH is 1. The first-order valence-corrected chi connectivity index (χ1v) is 9.11. The molecule has 0 aliphatic carbocycles. The third-order valence-corrected chi connectivity index (χ3v) is 7.86. The van der Waals surface area contributed by atoms with Gasteiger partial charge in [-0.25, -0.2) is 0 Å². The summed E-state index contributed by atoms with van der Waals surface area (Å²) in [4.78, 5) is 0. The number of aliphatic hydroxyl groups is 1. The van der Waals surface area contributed by atoms with Gasteiger partial charge in [0.05, 0.1) is 16.1 Å². The Balaban J connectivity index is 2.01. The third kappa shape index (κ3) is 3.98. The molecule has 1 N–H and O–H groups in total. The van der Waals surface area contributed by atoms with Crippen LogP contribution in [0.1, 0.15) is 19.4 Å². The van der Waals surface area contributed by atoms with Crippen LogP contribution in [0, 0.1) is 0 Å². The molecule has 1 saturated heterocycles. The van der Waals surface area contributed by atoms with Crippen molar-refractivity contribution >= 4 is 46.7 Å². The van der Waals surface area contributed by atoms with Crippen LogP contribution in [0.25, 0.3) is 0 Å². The second-order valence-electron chi connectivity index (χ2n) is 4.90. The molecule has 1 aliphatic rings. The van der Waals surface area contributed by atoms with E-state index in [0.29, 0.717) is 27.0 Å². The lowest BCUT2D eigenvalue weighted by Crippen LogP contribution is -2.35. The van der Waals surface area contributed by atoms with Crippen LogP contribution in [0.4, 0.5) is 0 Å². The fourth-order valence-electron chi connectivity index (χ4n) is 2.07. The lowest BCUT2D eigenvalue weighted by molar-refractivity contribution is 0.177. The van der Waals surface area contributed by atoms with E-state index >= 15 is 0 Å². The Labute approximate surface area is 133 Å². The molecule has 0 aromatic heterocycles. The van der Waals surface area contributed by atoms with Gasteiger partial charge in [0.1, 0.15) is 0 Å². The molecule has 106 valence electrons. The zero-order chi connectivity index (χ0) is 14.0. The van der Waals surface area contributed by atoms with Crippen LogP contribution in [0.5, 0.6) is 0 Å². The summed E-state index contributed by atoms with van der Waals surface area (Å²) in [5, 5.41) is 13.0. The SMILES string of the molecule is CC1SCC(C(O)Cc2cccc(Cl)c2Cl)SC1C. The van der Waals surface area contributed by atoms with Gasteiger partial charge in [0.2, 0.25) is 0 Å². The summed E-state index contributed by atoms with van der Waals surface area (Å²) >= 11 is 16.0. The van der Waals surface area contributed by atoms with Gasteiger partial charge in [-0.05, 0) is 11.6 Å². The van der Waals surface area contributed by atoms with Crippen molar-refractivity contribution in [2.75, 3.05) is 5.75 Å². The van der Waals surface area contributed by atoms with E-state index in [0.717, 1.165) is 11.3 Å². The Morgan fingerprint density at radius 3 is 2.74 bits per heavy atom. The number of hydrogen-bond donors (Lipinski definition) is 1. The van der Waals surface area contributed by atoms with E-state index in [1.165, 1.54) is 0 Å². The average Bonchev–Trinajstić information content (AvgIpc) is 2.38. The highest BCUT2D eigenvalue weighted by Crippen LogP contribution is 2.38. The second-order valence-corrected chi connectivity index (χ2v) is 8.72. The monoisotopic (exact) mass is 336 g/mol. The third-order valence-electron chi connectivity index (χ3n) is 3.46. The molecule has 1 heterocycles. The van der Waals surface area contributed by atoms with Gasteiger partial charge >= 0.3 is 0 Å². The topological polar surface area (TPSA) is 20.2 Å².